The summed E-state index contributed by atoms with van der Waals surface area (Å²) in [6, 6.07) is 15.8. The van der Waals surface area contributed by atoms with Gasteiger partial charge in [-0.2, -0.15) is 5.10 Å². The van der Waals surface area contributed by atoms with Crippen LogP contribution in [0.15, 0.2) is 59.5 Å². The highest BCUT2D eigenvalue weighted by atomic mass is 32.2. The van der Waals surface area contributed by atoms with E-state index in [9.17, 15) is 13.2 Å². The highest BCUT2D eigenvalue weighted by Crippen LogP contribution is 2.25. The van der Waals surface area contributed by atoms with Gasteiger partial charge in [0.25, 0.3) is 0 Å². The van der Waals surface area contributed by atoms with Crippen molar-refractivity contribution in [1.29, 1.82) is 0 Å². The first-order valence-electron chi connectivity index (χ1n) is 7.85. The quantitative estimate of drug-likeness (QED) is 0.660. The molecule has 1 aromatic heterocycles. The number of rotatable bonds is 4. The average molecular weight is 370 g/mol. The van der Waals surface area contributed by atoms with Gasteiger partial charge in [-0.15, -0.1) is 0 Å². The number of ether oxygens (including phenoxy) is 1. The predicted octanol–water partition coefficient (Wildman–Crippen LogP) is 3.04. The zero-order valence-electron chi connectivity index (χ0n) is 14.6. The first-order valence-corrected chi connectivity index (χ1v) is 9.74. The molecule has 2 aromatic carbocycles. The molecule has 3 rings (SSSR count). The third kappa shape index (κ3) is 3.52. The van der Waals surface area contributed by atoms with Crippen LogP contribution in [-0.4, -0.2) is 37.5 Å². The molecule has 0 aliphatic heterocycles. The maximum absolute atomic E-state index is 11.9. The van der Waals surface area contributed by atoms with Crippen molar-refractivity contribution in [3.8, 4) is 16.9 Å². The number of hydrogen-bond donors (Lipinski definition) is 0. The van der Waals surface area contributed by atoms with Crippen LogP contribution in [0.5, 0.6) is 0 Å². The first kappa shape index (κ1) is 17.9. The Labute approximate surface area is 152 Å². The Bertz CT molecular complexity index is 1050. The van der Waals surface area contributed by atoms with E-state index in [0.717, 1.165) is 17.4 Å². The second kappa shape index (κ2) is 6.76. The van der Waals surface area contributed by atoms with E-state index in [2.05, 4.69) is 5.10 Å². The lowest BCUT2D eigenvalue weighted by Crippen LogP contribution is -2.05. The summed E-state index contributed by atoms with van der Waals surface area (Å²) in [5.74, 6) is -0.537. The van der Waals surface area contributed by atoms with Gasteiger partial charge in [0.05, 0.1) is 23.4 Å². The first-order chi connectivity index (χ1) is 12.3. The van der Waals surface area contributed by atoms with Gasteiger partial charge in [-0.05, 0) is 37.3 Å². The molecule has 0 spiro atoms. The molecule has 134 valence electrons. The van der Waals surface area contributed by atoms with Crippen LogP contribution in [0, 0.1) is 6.92 Å². The minimum absolute atomic E-state index is 0.176. The zero-order valence-corrected chi connectivity index (χ0v) is 15.4. The second-order valence-corrected chi connectivity index (χ2v) is 7.97. The maximum Gasteiger partial charge on any atom is 0.358 e. The molecular formula is C19H18N2O4S. The lowest BCUT2D eigenvalue weighted by atomic mass is 10.1. The zero-order chi connectivity index (χ0) is 18.9. The Kier molecular flexibility index (Phi) is 4.65. The summed E-state index contributed by atoms with van der Waals surface area (Å²) in [7, 11) is -1.99. The maximum atomic E-state index is 11.9. The number of benzene rings is 2. The van der Waals surface area contributed by atoms with E-state index >= 15 is 0 Å². The van der Waals surface area contributed by atoms with Crippen LogP contribution in [-0.2, 0) is 14.6 Å². The average Bonchev–Trinajstić information content (AvgIpc) is 3.06. The smallest absolute Gasteiger partial charge is 0.358 e. The molecule has 0 aliphatic rings. The number of sulfone groups is 1. The van der Waals surface area contributed by atoms with Crippen LogP contribution in [0.4, 0.5) is 0 Å². The van der Waals surface area contributed by atoms with Crippen LogP contribution < -0.4 is 0 Å². The molecule has 0 atom stereocenters. The van der Waals surface area contributed by atoms with Crippen molar-refractivity contribution in [3.63, 3.8) is 0 Å². The minimum Gasteiger partial charge on any atom is -0.464 e. The van der Waals surface area contributed by atoms with Crippen molar-refractivity contribution in [2.24, 2.45) is 0 Å². The third-order valence-corrected chi connectivity index (χ3v) is 5.09. The number of carbonyl (C=O) groups is 1. The molecule has 3 aromatic rings. The molecule has 0 radical (unpaired) electrons. The predicted molar refractivity (Wildman–Crippen MR) is 98.2 cm³/mol. The minimum atomic E-state index is -3.28. The van der Waals surface area contributed by atoms with Gasteiger partial charge in [-0.3, -0.25) is 0 Å². The van der Waals surface area contributed by atoms with E-state index in [0.29, 0.717) is 11.4 Å². The summed E-state index contributed by atoms with van der Waals surface area (Å²) in [5, 5.41) is 4.33. The molecule has 0 aliphatic carbocycles. The van der Waals surface area contributed by atoms with Gasteiger partial charge < -0.3 is 4.74 Å². The number of aryl methyl sites for hydroxylation is 1. The highest BCUT2D eigenvalue weighted by Gasteiger charge is 2.17. The van der Waals surface area contributed by atoms with Crippen LogP contribution >= 0.6 is 0 Å². The Morgan fingerprint density at radius 1 is 1.04 bits per heavy atom. The molecule has 0 saturated carbocycles. The van der Waals surface area contributed by atoms with E-state index < -0.39 is 15.8 Å². The Hall–Kier alpha value is -2.93. The molecule has 6 nitrogen and oxygen atoms in total. The molecule has 0 N–H and O–H groups in total. The van der Waals surface area contributed by atoms with Crippen molar-refractivity contribution >= 4 is 15.8 Å². The van der Waals surface area contributed by atoms with Crippen molar-refractivity contribution < 1.29 is 17.9 Å². The summed E-state index contributed by atoms with van der Waals surface area (Å²) in [4.78, 5) is 12.1. The normalized spacial score (nSPS) is 11.3. The summed E-state index contributed by atoms with van der Waals surface area (Å²) in [6.07, 6.45) is 1.16. The van der Waals surface area contributed by atoms with Gasteiger partial charge in [0, 0.05) is 11.8 Å². The molecule has 0 saturated heterocycles. The summed E-state index contributed by atoms with van der Waals surface area (Å²) >= 11 is 0. The molecule has 1 heterocycles. The van der Waals surface area contributed by atoms with Crippen molar-refractivity contribution in [2.75, 3.05) is 13.4 Å². The van der Waals surface area contributed by atoms with Crippen molar-refractivity contribution in [1.82, 2.24) is 9.78 Å². The largest absolute Gasteiger partial charge is 0.464 e. The topological polar surface area (TPSA) is 78.3 Å². The number of aromatic nitrogens is 2. The summed E-state index contributed by atoms with van der Waals surface area (Å²) in [5.41, 5.74) is 3.52. The third-order valence-electron chi connectivity index (χ3n) is 3.96. The molecule has 0 fully saturated rings. The van der Waals surface area contributed by atoms with E-state index in [1.807, 2.05) is 31.2 Å². The van der Waals surface area contributed by atoms with Crippen molar-refractivity contribution in [3.05, 3.63) is 65.9 Å². The van der Waals surface area contributed by atoms with Crippen LogP contribution in [0.3, 0.4) is 0 Å². The Morgan fingerprint density at radius 2 is 1.65 bits per heavy atom. The van der Waals surface area contributed by atoms with E-state index in [4.69, 9.17) is 4.74 Å². The van der Waals surface area contributed by atoms with Crippen LogP contribution in [0.1, 0.15) is 16.1 Å². The summed E-state index contributed by atoms with van der Waals surface area (Å²) < 4.78 is 29.7. The molecule has 0 amide bonds. The second-order valence-electron chi connectivity index (χ2n) is 5.95. The summed E-state index contributed by atoms with van der Waals surface area (Å²) in [6.45, 7) is 1.99. The SMILES string of the molecule is COC(=O)c1cc(-c2ccc(C)cc2)n(-c2ccc(S(C)(=O)=O)cc2)n1. The number of methoxy groups -OCH3 is 1. The number of hydrogen-bond acceptors (Lipinski definition) is 5. The highest BCUT2D eigenvalue weighted by molar-refractivity contribution is 7.90. The standard InChI is InChI=1S/C19H18N2O4S/c1-13-4-6-14(7-5-13)18-12-17(19(22)25-2)20-21(18)15-8-10-16(11-9-15)26(3,23)24/h4-12H,1-3H3. The Morgan fingerprint density at radius 3 is 2.19 bits per heavy atom. The lowest BCUT2D eigenvalue weighted by molar-refractivity contribution is 0.0593. The molecule has 0 bridgehead atoms. The van der Waals surface area contributed by atoms with E-state index in [1.165, 1.54) is 19.2 Å². The van der Waals surface area contributed by atoms with E-state index in [1.54, 1.807) is 22.9 Å². The van der Waals surface area contributed by atoms with Gasteiger partial charge in [0.2, 0.25) is 0 Å². The van der Waals surface area contributed by atoms with Gasteiger partial charge in [-0.25, -0.2) is 17.9 Å². The monoisotopic (exact) mass is 370 g/mol. The van der Waals surface area contributed by atoms with Crippen molar-refractivity contribution in [2.45, 2.75) is 11.8 Å². The number of carbonyl (C=O) groups excluding carboxylic acids is 1. The molecule has 0 unspecified atom stereocenters. The van der Waals surface area contributed by atoms with E-state index in [-0.39, 0.29) is 10.6 Å². The number of nitrogens with zero attached hydrogens (tertiary/aromatic N) is 2. The van der Waals surface area contributed by atoms with Gasteiger partial charge in [0.1, 0.15) is 0 Å². The van der Waals surface area contributed by atoms with Crippen LogP contribution in [0.2, 0.25) is 0 Å². The molecular weight excluding hydrogens is 352 g/mol. The lowest BCUT2D eigenvalue weighted by Gasteiger charge is -2.08. The van der Waals surface area contributed by atoms with Crippen LogP contribution in [0.25, 0.3) is 16.9 Å². The van der Waals surface area contributed by atoms with Gasteiger partial charge in [0.15, 0.2) is 15.5 Å². The van der Waals surface area contributed by atoms with Gasteiger partial charge >= 0.3 is 5.97 Å². The fraction of sp³-hybridized carbons (Fsp3) is 0.158. The molecule has 26 heavy (non-hydrogen) atoms. The van der Waals surface area contributed by atoms with Gasteiger partial charge in [-0.1, -0.05) is 29.8 Å². The molecule has 7 heteroatoms. The fourth-order valence-corrected chi connectivity index (χ4v) is 3.18. The fourth-order valence-electron chi connectivity index (χ4n) is 2.55. The number of esters is 1. The Balaban J connectivity index is 2.14.